The Balaban J connectivity index is 3.90. The maximum absolute atomic E-state index is 11.5. The van der Waals surface area contributed by atoms with Crippen molar-refractivity contribution in [1.82, 2.24) is 0 Å². The topological polar surface area (TPSA) is 26.3 Å². The molecule has 5 heteroatoms. The van der Waals surface area contributed by atoms with Crippen LogP contribution in [0.25, 0.3) is 0 Å². The summed E-state index contributed by atoms with van der Waals surface area (Å²) < 4.78 is 38.7. The molecule has 0 fully saturated rings. The fraction of sp³-hybridized carbons (Fsp3) is 0.857. The van der Waals surface area contributed by atoms with Crippen LogP contribution in [0.1, 0.15) is 20.8 Å². The van der Waals surface area contributed by atoms with Gasteiger partial charge in [0.2, 0.25) is 0 Å². The molecule has 0 spiro atoms. The molecule has 0 bridgehead atoms. The predicted molar refractivity (Wildman–Crippen MR) is 36.5 cm³/mol. The Morgan fingerprint density at radius 3 is 1.92 bits per heavy atom. The van der Waals surface area contributed by atoms with Crippen LogP contribution in [0.5, 0.6) is 0 Å². The number of ether oxygens (including phenoxy) is 1. The molecule has 2 nitrogen and oxygen atoms in total. The molecule has 0 N–H and O–H groups in total. The maximum atomic E-state index is 11.5. The van der Waals surface area contributed by atoms with Gasteiger partial charge in [0.05, 0.1) is 6.61 Å². The molecular weight excluding hydrogens is 173 g/mol. The van der Waals surface area contributed by atoms with Crippen molar-refractivity contribution in [2.75, 3.05) is 6.61 Å². The second-order valence-corrected chi connectivity index (χ2v) is 3.63. The molecule has 72 valence electrons. The van der Waals surface area contributed by atoms with Crippen molar-refractivity contribution in [2.24, 2.45) is 5.41 Å². The average Bonchev–Trinajstić information content (AvgIpc) is 1.78. The fourth-order valence-electron chi connectivity index (χ4n) is 0.364. The molecule has 0 unspecified atom stereocenters. The molecule has 0 aliphatic carbocycles. The number of hydrogen-bond donors (Lipinski definition) is 0. The average molecular weight is 184 g/mol. The number of carbonyl (C=O) groups is 1. The van der Waals surface area contributed by atoms with Crippen LogP contribution < -0.4 is 0 Å². The number of rotatable bonds is 1. The van der Waals surface area contributed by atoms with Gasteiger partial charge in [0.25, 0.3) is 0 Å². The van der Waals surface area contributed by atoms with Gasteiger partial charge in [0.1, 0.15) is 0 Å². The Bertz CT molecular complexity index is 166. The van der Waals surface area contributed by atoms with Crippen molar-refractivity contribution in [1.29, 1.82) is 0 Å². The van der Waals surface area contributed by atoms with Crippen LogP contribution in [0, 0.1) is 5.41 Å². The molecule has 0 aromatic heterocycles. The first-order valence-corrected chi connectivity index (χ1v) is 3.37. The highest BCUT2D eigenvalue weighted by atomic mass is 19.4. The van der Waals surface area contributed by atoms with E-state index in [1.165, 1.54) is 0 Å². The lowest BCUT2D eigenvalue weighted by molar-refractivity contribution is -0.202. The Morgan fingerprint density at radius 1 is 1.25 bits per heavy atom. The number of halogens is 3. The Hall–Kier alpha value is -0.740. The molecule has 0 aromatic rings. The maximum Gasteiger partial charge on any atom is 0.490 e. The predicted octanol–water partition coefficient (Wildman–Crippen LogP) is 2.14. The normalized spacial score (nSPS) is 12.8. The highest BCUT2D eigenvalue weighted by molar-refractivity contribution is 5.75. The summed E-state index contributed by atoms with van der Waals surface area (Å²) in [6, 6.07) is 0. The van der Waals surface area contributed by atoms with Gasteiger partial charge < -0.3 is 4.74 Å². The molecule has 0 rings (SSSR count). The van der Waals surface area contributed by atoms with Gasteiger partial charge in [-0.15, -0.1) is 0 Å². The van der Waals surface area contributed by atoms with Crippen LogP contribution >= 0.6 is 0 Å². The molecule has 0 aromatic carbocycles. The standard InChI is InChI=1S/C7H11F3O2/c1-6(2,3)4-12-5(11)7(8,9)10/h4H2,1-3H3. The number of hydrogen-bond acceptors (Lipinski definition) is 2. The van der Waals surface area contributed by atoms with E-state index < -0.39 is 17.6 Å². The molecule has 0 amide bonds. The fourth-order valence-corrected chi connectivity index (χ4v) is 0.364. The van der Waals surface area contributed by atoms with Crippen molar-refractivity contribution in [3.63, 3.8) is 0 Å². The summed E-state index contributed by atoms with van der Waals surface area (Å²) in [6.45, 7) is 4.80. The minimum absolute atomic E-state index is 0.231. The minimum atomic E-state index is -4.88. The lowest BCUT2D eigenvalue weighted by Crippen LogP contribution is -2.29. The van der Waals surface area contributed by atoms with Crippen molar-refractivity contribution < 1.29 is 22.7 Å². The zero-order valence-corrected chi connectivity index (χ0v) is 7.16. The number of alkyl halides is 3. The van der Waals surface area contributed by atoms with Gasteiger partial charge in [-0.05, 0) is 5.41 Å². The summed E-state index contributed by atoms with van der Waals surface area (Å²) in [5.41, 5.74) is -0.444. The second-order valence-electron chi connectivity index (χ2n) is 3.63. The van der Waals surface area contributed by atoms with Crippen LogP contribution in [0.15, 0.2) is 0 Å². The van der Waals surface area contributed by atoms with E-state index in [4.69, 9.17) is 0 Å². The number of carbonyl (C=O) groups excluding carboxylic acids is 1. The van der Waals surface area contributed by atoms with E-state index in [1.807, 2.05) is 0 Å². The van der Waals surface area contributed by atoms with Crippen LogP contribution in [0.4, 0.5) is 13.2 Å². The molecular formula is C7H11F3O2. The van der Waals surface area contributed by atoms with Gasteiger partial charge in [0, 0.05) is 0 Å². The first kappa shape index (κ1) is 11.3. The Kier molecular flexibility index (Phi) is 3.12. The zero-order chi connectivity index (χ0) is 9.99. The summed E-state index contributed by atoms with van der Waals surface area (Å²) in [5.74, 6) is -2.13. The summed E-state index contributed by atoms with van der Waals surface area (Å²) in [6.07, 6.45) is -4.88. The lowest BCUT2D eigenvalue weighted by Gasteiger charge is -2.18. The van der Waals surface area contributed by atoms with Gasteiger partial charge in [-0.25, -0.2) is 4.79 Å². The van der Waals surface area contributed by atoms with Gasteiger partial charge >= 0.3 is 12.1 Å². The van der Waals surface area contributed by atoms with E-state index in [0.717, 1.165) is 0 Å². The Morgan fingerprint density at radius 2 is 1.67 bits per heavy atom. The second kappa shape index (κ2) is 3.33. The first-order chi connectivity index (χ1) is 5.13. The van der Waals surface area contributed by atoms with E-state index in [2.05, 4.69) is 4.74 Å². The van der Waals surface area contributed by atoms with Crippen molar-refractivity contribution in [2.45, 2.75) is 26.9 Å². The Labute approximate surface area is 68.7 Å². The van der Waals surface area contributed by atoms with Gasteiger partial charge in [0.15, 0.2) is 0 Å². The monoisotopic (exact) mass is 184 g/mol. The zero-order valence-electron chi connectivity index (χ0n) is 7.16. The highest BCUT2D eigenvalue weighted by Crippen LogP contribution is 2.19. The van der Waals surface area contributed by atoms with E-state index >= 15 is 0 Å². The van der Waals surface area contributed by atoms with Gasteiger partial charge in [-0.3, -0.25) is 0 Å². The molecule has 0 saturated heterocycles. The molecule has 0 aliphatic heterocycles. The van der Waals surface area contributed by atoms with Crippen LogP contribution in [-0.4, -0.2) is 18.8 Å². The molecule has 0 radical (unpaired) electrons. The molecule has 0 heterocycles. The summed E-state index contributed by atoms with van der Waals surface area (Å²) in [7, 11) is 0. The third-order valence-corrected chi connectivity index (χ3v) is 0.868. The van der Waals surface area contributed by atoms with E-state index in [-0.39, 0.29) is 6.61 Å². The molecule has 12 heavy (non-hydrogen) atoms. The van der Waals surface area contributed by atoms with E-state index in [0.29, 0.717) is 0 Å². The third kappa shape index (κ3) is 4.98. The van der Waals surface area contributed by atoms with Crippen molar-refractivity contribution in [3.8, 4) is 0 Å². The van der Waals surface area contributed by atoms with Crippen LogP contribution in [-0.2, 0) is 9.53 Å². The van der Waals surface area contributed by atoms with Gasteiger partial charge in [-0.2, -0.15) is 13.2 Å². The lowest BCUT2D eigenvalue weighted by atomic mass is 9.99. The highest BCUT2D eigenvalue weighted by Gasteiger charge is 2.41. The summed E-state index contributed by atoms with van der Waals surface area (Å²) in [5, 5.41) is 0. The first-order valence-electron chi connectivity index (χ1n) is 3.37. The minimum Gasteiger partial charge on any atom is -0.458 e. The quantitative estimate of drug-likeness (QED) is 0.583. The molecule has 0 atom stereocenters. The van der Waals surface area contributed by atoms with Crippen molar-refractivity contribution in [3.05, 3.63) is 0 Å². The summed E-state index contributed by atoms with van der Waals surface area (Å²) >= 11 is 0. The summed E-state index contributed by atoms with van der Waals surface area (Å²) in [4.78, 5) is 10.2. The van der Waals surface area contributed by atoms with Crippen LogP contribution in [0.2, 0.25) is 0 Å². The van der Waals surface area contributed by atoms with E-state index in [9.17, 15) is 18.0 Å². The van der Waals surface area contributed by atoms with Crippen molar-refractivity contribution >= 4 is 5.97 Å². The molecule has 0 saturated carbocycles. The van der Waals surface area contributed by atoms with Crippen LogP contribution in [0.3, 0.4) is 0 Å². The largest absolute Gasteiger partial charge is 0.490 e. The SMILES string of the molecule is CC(C)(C)COC(=O)C(F)(F)F. The smallest absolute Gasteiger partial charge is 0.458 e. The third-order valence-electron chi connectivity index (χ3n) is 0.868. The molecule has 0 aliphatic rings. The number of esters is 1. The van der Waals surface area contributed by atoms with E-state index in [1.54, 1.807) is 20.8 Å². The van der Waals surface area contributed by atoms with Gasteiger partial charge in [-0.1, -0.05) is 20.8 Å².